The lowest BCUT2D eigenvalue weighted by Crippen LogP contribution is -2.12. The fourth-order valence-electron chi connectivity index (χ4n) is 1.15. The molecule has 0 saturated carbocycles. The average molecular weight is 254 g/mol. The van der Waals surface area contributed by atoms with Gasteiger partial charge in [-0.3, -0.25) is 4.79 Å². The van der Waals surface area contributed by atoms with Gasteiger partial charge in [-0.15, -0.1) is 11.3 Å². The molecular weight excluding hydrogens is 246 g/mol. The Bertz CT molecular complexity index is 526. The van der Waals surface area contributed by atoms with E-state index in [0.29, 0.717) is 21.5 Å². The molecule has 2 aromatic rings. The summed E-state index contributed by atoms with van der Waals surface area (Å²) in [4.78, 5) is 16.2. The second kappa shape index (κ2) is 4.51. The van der Waals surface area contributed by atoms with E-state index in [9.17, 15) is 4.79 Å². The van der Waals surface area contributed by atoms with Crippen LogP contribution in [0.15, 0.2) is 29.6 Å². The molecular formula is C10H8ClN3OS. The summed E-state index contributed by atoms with van der Waals surface area (Å²) in [6.07, 6.45) is 0. The third-order valence-corrected chi connectivity index (χ3v) is 3.00. The first-order chi connectivity index (χ1) is 7.66. The molecule has 0 atom stereocenters. The number of aromatic nitrogens is 1. The normalized spacial score (nSPS) is 10.1. The molecule has 2 rings (SSSR count). The Labute approximate surface area is 101 Å². The topological polar surface area (TPSA) is 68.0 Å². The summed E-state index contributed by atoms with van der Waals surface area (Å²) in [6, 6.07) is 6.69. The van der Waals surface area contributed by atoms with E-state index >= 15 is 0 Å². The summed E-state index contributed by atoms with van der Waals surface area (Å²) >= 11 is 6.98. The van der Waals surface area contributed by atoms with Gasteiger partial charge in [0.25, 0.3) is 5.91 Å². The van der Waals surface area contributed by atoms with E-state index < -0.39 is 0 Å². The highest BCUT2D eigenvalue weighted by Crippen LogP contribution is 2.20. The van der Waals surface area contributed by atoms with Gasteiger partial charge >= 0.3 is 0 Å². The molecule has 0 fully saturated rings. The molecule has 0 radical (unpaired) electrons. The van der Waals surface area contributed by atoms with Gasteiger partial charge in [0.05, 0.1) is 5.69 Å². The van der Waals surface area contributed by atoms with Crippen molar-refractivity contribution >= 4 is 40.4 Å². The molecule has 0 aliphatic rings. The number of halogens is 1. The standard InChI is InChI=1S/C10H8ClN3OS/c11-7-2-1-3-8(13-7)14-10(15)9-6(12)4-5-16-9/h1-5H,12H2,(H,13,14,15). The van der Waals surface area contributed by atoms with Crippen LogP contribution in [-0.2, 0) is 0 Å². The van der Waals surface area contributed by atoms with Crippen molar-refractivity contribution in [3.63, 3.8) is 0 Å². The van der Waals surface area contributed by atoms with Crippen molar-refractivity contribution in [2.45, 2.75) is 0 Å². The smallest absolute Gasteiger partial charge is 0.269 e. The van der Waals surface area contributed by atoms with E-state index in [4.69, 9.17) is 17.3 Å². The summed E-state index contributed by atoms with van der Waals surface area (Å²) in [6.45, 7) is 0. The van der Waals surface area contributed by atoms with Gasteiger partial charge in [-0.2, -0.15) is 0 Å². The lowest BCUT2D eigenvalue weighted by atomic mass is 10.3. The third kappa shape index (κ3) is 2.32. The highest BCUT2D eigenvalue weighted by atomic mass is 35.5. The van der Waals surface area contributed by atoms with E-state index in [1.54, 1.807) is 29.6 Å². The molecule has 6 heteroatoms. The van der Waals surface area contributed by atoms with Gasteiger partial charge in [0.2, 0.25) is 0 Å². The molecule has 4 nitrogen and oxygen atoms in total. The lowest BCUT2D eigenvalue weighted by Gasteiger charge is -2.03. The monoisotopic (exact) mass is 253 g/mol. The molecule has 0 saturated heterocycles. The third-order valence-electron chi connectivity index (χ3n) is 1.86. The number of rotatable bonds is 2. The largest absolute Gasteiger partial charge is 0.397 e. The van der Waals surface area contributed by atoms with Crippen molar-refractivity contribution in [3.05, 3.63) is 39.7 Å². The number of thiophene rings is 1. The molecule has 16 heavy (non-hydrogen) atoms. The van der Waals surface area contributed by atoms with Gasteiger partial charge in [-0.1, -0.05) is 17.7 Å². The van der Waals surface area contributed by atoms with Crippen LogP contribution in [0.4, 0.5) is 11.5 Å². The van der Waals surface area contributed by atoms with Gasteiger partial charge in [0.1, 0.15) is 15.8 Å². The predicted octanol–water partition coefficient (Wildman–Crippen LogP) is 2.63. The Kier molecular flexibility index (Phi) is 3.07. The van der Waals surface area contributed by atoms with Crippen LogP contribution in [0.5, 0.6) is 0 Å². The number of hydrogen-bond donors (Lipinski definition) is 2. The van der Waals surface area contributed by atoms with E-state index in [2.05, 4.69) is 10.3 Å². The number of pyridine rings is 1. The van der Waals surface area contributed by atoms with E-state index in [1.165, 1.54) is 11.3 Å². The van der Waals surface area contributed by atoms with Crippen LogP contribution in [0.1, 0.15) is 9.67 Å². The van der Waals surface area contributed by atoms with Gasteiger partial charge in [0, 0.05) is 0 Å². The maximum absolute atomic E-state index is 11.7. The summed E-state index contributed by atoms with van der Waals surface area (Å²) in [5.41, 5.74) is 6.09. The highest BCUT2D eigenvalue weighted by Gasteiger charge is 2.11. The first kappa shape index (κ1) is 10.9. The maximum atomic E-state index is 11.7. The van der Waals surface area contributed by atoms with E-state index in [0.717, 1.165) is 0 Å². The van der Waals surface area contributed by atoms with Gasteiger partial charge in [-0.25, -0.2) is 4.98 Å². The Balaban J connectivity index is 2.17. The number of nitrogen functional groups attached to an aromatic ring is 1. The summed E-state index contributed by atoms with van der Waals surface area (Å²) in [7, 11) is 0. The summed E-state index contributed by atoms with van der Waals surface area (Å²) in [5.74, 6) is 0.132. The highest BCUT2D eigenvalue weighted by molar-refractivity contribution is 7.12. The van der Waals surface area contributed by atoms with Crippen LogP contribution < -0.4 is 11.1 Å². The Morgan fingerprint density at radius 1 is 1.44 bits per heavy atom. The van der Waals surface area contributed by atoms with Crippen molar-refractivity contribution < 1.29 is 4.79 Å². The SMILES string of the molecule is Nc1ccsc1C(=O)Nc1cccc(Cl)n1. The second-order valence-electron chi connectivity index (χ2n) is 3.00. The zero-order valence-electron chi connectivity index (χ0n) is 8.11. The zero-order valence-corrected chi connectivity index (χ0v) is 9.68. The first-order valence-corrected chi connectivity index (χ1v) is 5.69. The van der Waals surface area contributed by atoms with Gasteiger partial charge in [-0.05, 0) is 23.6 Å². The molecule has 2 heterocycles. The molecule has 0 aliphatic heterocycles. The number of nitrogens with two attached hydrogens (primary N) is 1. The minimum atomic E-state index is -0.276. The molecule has 82 valence electrons. The average Bonchev–Trinajstić information content (AvgIpc) is 2.64. The number of nitrogens with one attached hydrogen (secondary N) is 1. The Morgan fingerprint density at radius 2 is 2.25 bits per heavy atom. The van der Waals surface area contributed by atoms with Crippen LogP contribution in [0.2, 0.25) is 5.15 Å². The van der Waals surface area contributed by atoms with E-state index in [1.807, 2.05) is 0 Å². The van der Waals surface area contributed by atoms with Crippen molar-refractivity contribution in [1.82, 2.24) is 4.98 Å². The molecule has 1 amide bonds. The summed E-state index contributed by atoms with van der Waals surface area (Å²) < 4.78 is 0. The molecule has 0 bridgehead atoms. The first-order valence-electron chi connectivity index (χ1n) is 4.43. The van der Waals surface area contributed by atoms with Gasteiger partial charge in [0.15, 0.2) is 0 Å². The van der Waals surface area contributed by atoms with Gasteiger partial charge < -0.3 is 11.1 Å². The number of amides is 1. The molecule has 2 aromatic heterocycles. The fourth-order valence-corrected chi connectivity index (χ4v) is 2.03. The number of anilines is 2. The fraction of sp³-hybridized carbons (Fsp3) is 0. The minimum absolute atomic E-state index is 0.276. The lowest BCUT2D eigenvalue weighted by molar-refractivity contribution is 0.103. The molecule has 0 unspecified atom stereocenters. The summed E-state index contributed by atoms with van der Waals surface area (Å²) in [5, 5.41) is 4.71. The van der Waals surface area contributed by atoms with E-state index in [-0.39, 0.29) is 5.91 Å². The molecule has 0 spiro atoms. The van der Waals surface area contributed by atoms with Crippen molar-refractivity contribution in [2.75, 3.05) is 11.1 Å². The number of carbonyl (C=O) groups excluding carboxylic acids is 1. The van der Waals surface area contributed by atoms with Crippen molar-refractivity contribution in [3.8, 4) is 0 Å². The van der Waals surface area contributed by atoms with Crippen molar-refractivity contribution in [1.29, 1.82) is 0 Å². The van der Waals surface area contributed by atoms with Crippen molar-refractivity contribution in [2.24, 2.45) is 0 Å². The predicted molar refractivity (Wildman–Crippen MR) is 65.9 cm³/mol. The molecule has 0 aliphatic carbocycles. The maximum Gasteiger partial charge on any atom is 0.269 e. The second-order valence-corrected chi connectivity index (χ2v) is 4.31. The minimum Gasteiger partial charge on any atom is -0.397 e. The number of carbonyl (C=O) groups is 1. The number of nitrogens with zero attached hydrogens (tertiary/aromatic N) is 1. The van der Waals surface area contributed by atoms with Crippen LogP contribution in [0, 0.1) is 0 Å². The van der Waals surface area contributed by atoms with Crippen LogP contribution >= 0.6 is 22.9 Å². The Hall–Kier alpha value is -1.59. The van der Waals surface area contributed by atoms with Crippen LogP contribution in [0.25, 0.3) is 0 Å². The molecule has 3 N–H and O–H groups in total. The zero-order chi connectivity index (χ0) is 11.5. The van der Waals surface area contributed by atoms with Crippen LogP contribution in [-0.4, -0.2) is 10.9 Å². The molecule has 0 aromatic carbocycles. The number of hydrogen-bond acceptors (Lipinski definition) is 4. The Morgan fingerprint density at radius 3 is 2.88 bits per heavy atom. The van der Waals surface area contributed by atoms with Crippen LogP contribution in [0.3, 0.4) is 0 Å². The quantitative estimate of drug-likeness (QED) is 0.809.